The van der Waals surface area contributed by atoms with Gasteiger partial charge in [0.25, 0.3) is 5.91 Å². The van der Waals surface area contributed by atoms with Gasteiger partial charge in [-0.25, -0.2) is 0 Å². The Bertz CT molecular complexity index is 620. The topological polar surface area (TPSA) is 69.6 Å². The van der Waals surface area contributed by atoms with Gasteiger partial charge in [-0.15, -0.1) is 0 Å². The van der Waals surface area contributed by atoms with Crippen LogP contribution in [0, 0.1) is 6.92 Å². The monoisotopic (exact) mass is 321 g/mol. The number of carbonyl (C=O) groups excluding carboxylic acids is 1. The highest BCUT2D eigenvalue weighted by molar-refractivity contribution is 9.10. The molecular formula is C14H12BrNO3. The number of phenols is 2. The summed E-state index contributed by atoms with van der Waals surface area (Å²) in [5, 5.41) is 21.7. The zero-order chi connectivity index (χ0) is 14.0. The fourth-order valence-corrected chi connectivity index (χ4v) is 2.33. The zero-order valence-electron chi connectivity index (χ0n) is 10.1. The summed E-state index contributed by atoms with van der Waals surface area (Å²) >= 11 is 3.34. The summed E-state index contributed by atoms with van der Waals surface area (Å²) < 4.78 is 0.850. The Hall–Kier alpha value is -2.01. The van der Waals surface area contributed by atoms with Crippen molar-refractivity contribution >= 4 is 27.5 Å². The number of benzene rings is 2. The van der Waals surface area contributed by atoms with E-state index in [-0.39, 0.29) is 11.3 Å². The van der Waals surface area contributed by atoms with E-state index in [0.29, 0.717) is 5.69 Å². The summed E-state index contributed by atoms with van der Waals surface area (Å²) in [4.78, 5) is 12.0. The molecule has 98 valence electrons. The van der Waals surface area contributed by atoms with Crippen LogP contribution in [-0.4, -0.2) is 16.1 Å². The molecule has 0 atom stereocenters. The molecule has 0 saturated heterocycles. The molecule has 0 fully saturated rings. The van der Waals surface area contributed by atoms with Crippen molar-refractivity contribution in [3.63, 3.8) is 0 Å². The van der Waals surface area contributed by atoms with Crippen LogP contribution in [0.25, 0.3) is 0 Å². The van der Waals surface area contributed by atoms with Crippen LogP contribution in [0.15, 0.2) is 40.9 Å². The summed E-state index contributed by atoms with van der Waals surface area (Å²) in [6.07, 6.45) is 0. The van der Waals surface area contributed by atoms with E-state index >= 15 is 0 Å². The molecule has 2 aromatic rings. The fraction of sp³-hybridized carbons (Fsp3) is 0.0714. The Morgan fingerprint density at radius 3 is 2.63 bits per heavy atom. The molecule has 0 radical (unpaired) electrons. The molecule has 0 saturated carbocycles. The molecule has 0 unspecified atom stereocenters. The first-order chi connectivity index (χ1) is 8.97. The first kappa shape index (κ1) is 13.4. The molecule has 0 spiro atoms. The lowest BCUT2D eigenvalue weighted by molar-refractivity contribution is 0.102. The molecule has 4 nitrogen and oxygen atoms in total. The van der Waals surface area contributed by atoms with Crippen LogP contribution in [0.5, 0.6) is 11.5 Å². The number of para-hydroxylation sites is 1. The van der Waals surface area contributed by atoms with Crippen LogP contribution in [-0.2, 0) is 0 Å². The van der Waals surface area contributed by atoms with Gasteiger partial charge < -0.3 is 15.5 Å². The lowest BCUT2D eigenvalue weighted by Crippen LogP contribution is -2.12. The molecule has 0 aliphatic rings. The van der Waals surface area contributed by atoms with Crippen LogP contribution in [0.1, 0.15) is 15.9 Å². The molecule has 5 heteroatoms. The molecule has 0 aromatic heterocycles. The number of hydrogen-bond acceptors (Lipinski definition) is 3. The number of anilines is 1. The van der Waals surface area contributed by atoms with E-state index in [9.17, 15) is 15.0 Å². The number of rotatable bonds is 2. The van der Waals surface area contributed by atoms with E-state index in [1.165, 1.54) is 18.2 Å². The van der Waals surface area contributed by atoms with Gasteiger partial charge in [0.2, 0.25) is 0 Å². The molecular weight excluding hydrogens is 310 g/mol. The van der Waals surface area contributed by atoms with Crippen molar-refractivity contribution in [1.29, 1.82) is 0 Å². The van der Waals surface area contributed by atoms with Crippen molar-refractivity contribution in [2.45, 2.75) is 6.92 Å². The molecule has 2 aromatic carbocycles. The highest BCUT2D eigenvalue weighted by Crippen LogP contribution is 2.29. The molecule has 1 amide bonds. The summed E-state index contributed by atoms with van der Waals surface area (Å²) in [5.41, 5.74) is 1.63. The Balaban J connectivity index is 2.28. The number of carbonyl (C=O) groups is 1. The summed E-state index contributed by atoms with van der Waals surface area (Å²) in [5.74, 6) is -1.23. The molecule has 0 bridgehead atoms. The highest BCUT2D eigenvalue weighted by atomic mass is 79.9. The standard InChI is InChI=1S/C14H12BrNO3/c1-8-5-9(15)7-10(6-8)16-14(19)11-3-2-4-12(17)13(11)18/h2-7,17-18H,1H3,(H,16,19). The van der Waals surface area contributed by atoms with Crippen molar-refractivity contribution in [2.75, 3.05) is 5.32 Å². The van der Waals surface area contributed by atoms with Gasteiger partial charge in [0.05, 0.1) is 5.56 Å². The predicted octanol–water partition coefficient (Wildman–Crippen LogP) is 3.42. The van der Waals surface area contributed by atoms with Crippen molar-refractivity contribution in [3.8, 4) is 11.5 Å². The minimum Gasteiger partial charge on any atom is -0.504 e. The smallest absolute Gasteiger partial charge is 0.259 e. The number of halogens is 1. The van der Waals surface area contributed by atoms with Crippen molar-refractivity contribution < 1.29 is 15.0 Å². The van der Waals surface area contributed by atoms with Crippen LogP contribution >= 0.6 is 15.9 Å². The second kappa shape index (κ2) is 5.32. The average Bonchev–Trinajstić information content (AvgIpc) is 2.31. The van der Waals surface area contributed by atoms with Gasteiger partial charge in [-0.3, -0.25) is 4.79 Å². The molecule has 3 N–H and O–H groups in total. The molecule has 2 rings (SSSR count). The van der Waals surface area contributed by atoms with E-state index in [1.54, 1.807) is 6.07 Å². The lowest BCUT2D eigenvalue weighted by Gasteiger charge is -2.09. The quantitative estimate of drug-likeness (QED) is 0.742. The maximum Gasteiger partial charge on any atom is 0.259 e. The molecule has 0 heterocycles. The Morgan fingerprint density at radius 2 is 1.95 bits per heavy atom. The highest BCUT2D eigenvalue weighted by Gasteiger charge is 2.14. The van der Waals surface area contributed by atoms with E-state index in [0.717, 1.165) is 10.0 Å². The third kappa shape index (κ3) is 3.06. The van der Waals surface area contributed by atoms with Gasteiger partial charge in [0.15, 0.2) is 11.5 Å². The number of aromatic hydroxyl groups is 2. The van der Waals surface area contributed by atoms with E-state index in [1.807, 2.05) is 19.1 Å². The average molecular weight is 322 g/mol. The molecule has 0 aliphatic carbocycles. The summed E-state index contributed by atoms with van der Waals surface area (Å²) in [7, 11) is 0. The second-order valence-electron chi connectivity index (χ2n) is 4.14. The first-order valence-corrected chi connectivity index (χ1v) is 6.36. The Labute approximate surface area is 118 Å². The molecule has 19 heavy (non-hydrogen) atoms. The fourth-order valence-electron chi connectivity index (χ4n) is 1.72. The number of hydrogen-bond donors (Lipinski definition) is 3. The Kier molecular flexibility index (Phi) is 3.76. The van der Waals surface area contributed by atoms with Crippen molar-refractivity contribution in [1.82, 2.24) is 0 Å². The van der Waals surface area contributed by atoms with Crippen LogP contribution < -0.4 is 5.32 Å². The van der Waals surface area contributed by atoms with Gasteiger partial charge in [0.1, 0.15) is 0 Å². The number of phenolic OH excluding ortho intramolecular Hbond substituents is 2. The predicted molar refractivity (Wildman–Crippen MR) is 76.6 cm³/mol. The Morgan fingerprint density at radius 1 is 1.21 bits per heavy atom. The minimum atomic E-state index is -0.481. The van der Waals surface area contributed by atoms with Crippen LogP contribution in [0.2, 0.25) is 0 Å². The van der Waals surface area contributed by atoms with E-state index in [4.69, 9.17) is 0 Å². The van der Waals surface area contributed by atoms with Gasteiger partial charge in [0, 0.05) is 10.2 Å². The van der Waals surface area contributed by atoms with E-state index in [2.05, 4.69) is 21.2 Å². The molecule has 0 aliphatic heterocycles. The summed E-state index contributed by atoms with van der Waals surface area (Å²) in [6, 6.07) is 9.73. The maximum absolute atomic E-state index is 12.0. The first-order valence-electron chi connectivity index (χ1n) is 5.57. The van der Waals surface area contributed by atoms with Gasteiger partial charge in [-0.05, 0) is 42.8 Å². The van der Waals surface area contributed by atoms with Crippen molar-refractivity contribution in [2.24, 2.45) is 0 Å². The SMILES string of the molecule is Cc1cc(Br)cc(NC(=O)c2cccc(O)c2O)c1. The largest absolute Gasteiger partial charge is 0.504 e. The lowest BCUT2D eigenvalue weighted by atomic mass is 10.1. The van der Waals surface area contributed by atoms with Gasteiger partial charge in [-0.2, -0.15) is 0 Å². The number of aryl methyl sites for hydroxylation is 1. The van der Waals surface area contributed by atoms with E-state index < -0.39 is 11.7 Å². The summed E-state index contributed by atoms with van der Waals surface area (Å²) in [6.45, 7) is 1.91. The maximum atomic E-state index is 12.0. The number of amides is 1. The second-order valence-corrected chi connectivity index (χ2v) is 5.06. The van der Waals surface area contributed by atoms with Crippen molar-refractivity contribution in [3.05, 3.63) is 52.0 Å². The normalized spacial score (nSPS) is 10.2. The number of nitrogens with one attached hydrogen (secondary N) is 1. The third-order valence-electron chi connectivity index (χ3n) is 2.56. The minimum absolute atomic E-state index is 0.0256. The zero-order valence-corrected chi connectivity index (χ0v) is 11.7. The third-order valence-corrected chi connectivity index (χ3v) is 3.02. The van der Waals surface area contributed by atoms with Crippen LogP contribution in [0.3, 0.4) is 0 Å². The van der Waals surface area contributed by atoms with Gasteiger partial charge >= 0.3 is 0 Å². The van der Waals surface area contributed by atoms with Gasteiger partial charge in [-0.1, -0.05) is 22.0 Å². The van der Waals surface area contributed by atoms with Crippen LogP contribution in [0.4, 0.5) is 5.69 Å².